The highest BCUT2D eigenvalue weighted by Crippen LogP contribution is 2.59. The Morgan fingerprint density at radius 1 is 1.28 bits per heavy atom. The maximum Gasteiger partial charge on any atom is 0.173 e. The molecule has 2 heterocycles. The van der Waals surface area contributed by atoms with Crippen molar-refractivity contribution in [3.05, 3.63) is 40.1 Å². The molecule has 2 bridgehead atoms. The van der Waals surface area contributed by atoms with E-state index in [0.29, 0.717) is 18.8 Å². The van der Waals surface area contributed by atoms with Gasteiger partial charge in [0.2, 0.25) is 0 Å². The summed E-state index contributed by atoms with van der Waals surface area (Å²) in [5.41, 5.74) is 4.12. The average Bonchev–Trinajstić information content (AvgIpc) is 3.18. The summed E-state index contributed by atoms with van der Waals surface area (Å²) >= 11 is 0. The minimum atomic E-state index is -0.542. The Labute approximate surface area is 148 Å². The maximum absolute atomic E-state index is 13.3. The molecule has 4 nitrogen and oxygen atoms in total. The van der Waals surface area contributed by atoms with Crippen LogP contribution in [0, 0.1) is 32.6 Å². The van der Waals surface area contributed by atoms with Crippen LogP contribution in [-0.4, -0.2) is 35.8 Å². The Bertz CT molecular complexity index is 755. The Kier molecular flexibility index (Phi) is 3.82. The molecule has 134 valence electrons. The quantitative estimate of drug-likeness (QED) is 0.907. The van der Waals surface area contributed by atoms with Gasteiger partial charge in [0.05, 0.1) is 30.1 Å². The van der Waals surface area contributed by atoms with Crippen LogP contribution in [0.2, 0.25) is 0 Å². The number of aliphatic hydroxyl groups is 1. The molecule has 4 atom stereocenters. The molecular formula is C21H26O4. The van der Waals surface area contributed by atoms with E-state index in [9.17, 15) is 9.90 Å². The lowest BCUT2D eigenvalue weighted by Gasteiger charge is -2.32. The average molecular weight is 342 g/mol. The maximum atomic E-state index is 13.3. The number of aryl methyl sites for hydroxylation is 3. The van der Waals surface area contributed by atoms with Crippen LogP contribution in [0.4, 0.5) is 0 Å². The molecule has 0 unspecified atom stereocenters. The van der Waals surface area contributed by atoms with E-state index in [0.717, 1.165) is 29.5 Å². The van der Waals surface area contributed by atoms with Gasteiger partial charge in [-0.05, 0) is 57.2 Å². The molecular weight excluding hydrogens is 316 g/mol. The van der Waals surface area contributed by atoms with E-state index < -0.39 is 5.60 Å². The lowest BCUT2D eigenvalue weighted by atomic mass is 9.73. The van der Waals surface area contributed by atoms with Crippen molar-refractivity contribution in [1.82, 2.24) is 0 Å². The molecule has 1 aromatic carbocycles. The number of carbonyl (C=O) groups is 1. The van der Waals surface area contributed by atoms with Crippen molar-refractivity contribution < 1.29 is 19.4 Å². The summed E-state index contributed by atoms with van der Waals surface area (Å²) in [7, 11) is 0. The molecule has 0 spiro atoms. The van der Waals surface area contributed by atoms with Crippen molar-refractivity contribution in [1.29, 1.82) is 0 Å². The van der Waals surface area contributed by atoms with E-state index in [1.165, 1.54) is 5.56 Å². The zero-order valence-electron chi connectivity index (χ0n) is 15.4. The van der Waals surface area contributed by atoms with Gasteiger partial charge >= 0.3 is 0 Å². The number of hydrogen-bond acceptors (Lipinski definition) is 4. The third-order valence-electron chi connectivity index (χ3n) is 6.14. The van der Waals surface area contributed by atoms with Gasteiger partial charge in [-0.2, -0.15) is 0 Å². The molecule has 4 heteroatoms. The van der Waals surface area contributed by atoms with E-state index in [1.54, 1.807) is 0 Å². The first kappa shape index (κ1) is 16.8. The summed E-state index contributed by atoms with van der Waals surface area (Å²) in [5.74, 6) is -0.266. The lowest BCUT2D eigenvalue weighted by molar-refractivity contribution is -0.118. The number of ketones is 1. The van der Waals surface area contributed by atoms with Gasteiger partial charge in [-0.15, -0.1) is 0 Å². The van der Waals surface area contributed by atoms with Crippen molar-refractivity contribution in [3.63, 3.8) is 0 Å². The second kappa shape index (κ2) is 5.68. The predicted molar refractivity (Wildman–Crippen MR) is 95.5 cm³/mol. The van der Waals surface area contributed by atoms with Crippen molar-refractivity contribution in [2.45, 2.75) is 52.2 Å². The zero-order valence-corrected chi connectivity index (χ0v) is 15.4. The van der Waals surface area contributed by atoms with Crippen LogP contribution < -0.4 is 0 Å². The van der Waals surface area contributed by atoms with Gasteiger partial charge in [-0.1, -0.05) is 17.7 Å². The number of fused-ring (bicyclic) bond motifs is 5. The van der Waals surface area contributed by atoms with Gasteiger partial charge in [-0.25, -0.2) is 0 Å². The predicted octanol–water partition coefficient (Wildman–Crippen LogP) is 3.66. The number of aliphatic hydroxyl groups excluding tert-OH is 1. The summed E-state index contributed by atoms with van der Waals surface area (Å²) in [6, 6.07) is 4.15. The monoisotopic (exact) mass is 342 g/mol. The van der Waals surface area contributed by atoms with Crippen LogP contribution in [0.25, 0.3) is 5.57 Å². The Hall–Kier alpha value is -1.65. The number of benzene rings is 1. The summed E-state index contributed by atoms with van der Waals surface area (Å²) < 4.78 is 11.9. The first-order valence-electron chi connectivity index (χ1n) is 9.20. The van der Waals surface area contributed by atoms with Gasteiger partial charge in [0, 0.05) is 6.61 Å². The van der Waals surface area contributed by atoms with E-state index in [4.69, 9.17) is 9.47 Å². The zero-order chi connectivity index (χ0) is 17.9. The summed E-state index contributed by atoms with van der Waals surface area (Å²) in [6.07, 6.45) is 1.62. The molecule has 25 heavy (non-hydrogen) atoms. The number of ether oxygens (including phenoxy) is 2. The third kappa shape index (κ3) is 2.24. The second-order valence-corrected chi connectivity index (χ2v) is 7.80. The number of rotatable bonds is 4. The summed E-state index contributed by atoms with van der Waals surface area (Å²) in [4.78, 5) is 13.3. The van der Waals surface area contributed by atoms with Gasteiger partial charge in [-0.3, -0.25) is 4.79 Å². The van der Waals surface area contributed by atoms with Gasteiger partial charge in [0.1, 0.15) is 11.4 Å². The van der Waals surface area contributed by atoms with E-state index in [2.05, 4.69) is 12.1 Å². The molecule has 0 aromatic heterocycles. The fourth-order valence-electron chi connectivity index (χ4n) is 5.31. The van der Waals surface area contributed by atoms with Crippen LogP contribution in [-0.2, 0) is 14.3 Å². The highest BCUT2D eigenvalue weighted by atomic mass is 16.6. The molecule has 2 fully saturated rings. The van der Waals surface area contributed by atoms with Crippen LogP contribution in [0.15, 0.2) is 17.9 Å². The largest absolute Gasteiger partial charge is 0.511 e. The van der Waals surface area contributed by atoms with Crippen molar-refractivity contribution in [2.24, 2.45) is 11.8 Å². The van der Waals surface area contributed by atoms with Crippen LogP contribution in [0.5, 0.6) is 0 Å². The minimum absolute atomic E-state index is 0.0422. The first-order chi connectivity index (χ1) is 11.9. The molecule has 1 N–H and O–H groups in total. The van der Waals surface area contributed by atoms with Crippen molar-refractivity contribution in [2.75, 3.05) is 13.2 Å². The topological polar surface area (TPSA) is 55.8 Å². The second-order valence-electron chi connectivity index (χ2n) is 7.80. The number of Topliss-reactive ketones (excluding diaryl/α,β-unsaturated/α-hetero) is 1. The molecule has 3 aliphatic rings. The van der Waals surface area contributed by atoms with E-state index in [1.807, 2.05) is 27.7 Å². The fourth-order valence-corrected chi connectivity index (χ4v) is 5.31. The van der Waals surface area contributed by atoms with Gasteiger partial charge < -0.3 is 14.6 Å². The standard InChI is InChI=1S/C21H26O4/c1-5-24-10-21-7-6-14(25-21)16-18(21)20(23)17(19(16)22)15-12(3)8-11(2)9-13(15)4/h8-9,14,16,18,23H,5-7,10H2,1-4H3/t14-,16-,18+,21-/m0/s1. The highest BCUT2D eigenvalue weighted by molar-refractivity contribution is 6.26. The van der Waals surface area contributed by atoms with Crippen molar-refractivity contribution in [3.8, 4) is 0 Å². The minimum Gasteiger partial charge on any atom is -0.511 e. The van der Waals surface area contributed by atoms with E-state index in [-0.39, 0.29) is 29.5 Å². The van der Waals surface area contributed by atoms with Crippen LogP contribution in [0.3, 0.4) is 0 Å². The SMILES string of the molecule is CCOC[C@]12CC[C@H](O1)[C@@H]1C(=O)C(c3c(C)cc(C)cc3C)=C(O)[C@@H]12. The smallest absolute Gasteiger partial charge is 0.173 e. The molecule has 2 saturated heterocycles. The number of allylic oxidation sites excluding steroid dienone is 1. The third-order valence-corrected chi connectivity index (χ3v) is 6.14. The molecule has 0 saturated carbocycles. The highest BCUT2D eigenvalue weighted by Gasteiger charge is 2.66. The lowest BCUT2D eigenvalue weighted by Crippen LogP contribution is -2.42. The Morgan fingerprint density at radius 2 is 1.96 bits per heavy atom. The Morgan fingerprint density at radius 3 is 2.60 bits per heavy atom. The molecule has 1 aromatic rings. The van der Waals surface area contributed by atoms with Crippen molar-refractivity contribution >= 4 is 11.4 Å². The molecule has 0 radical (unpaired) electrons. The molecule has 1 aliphatic carbocycles. The van der Waals surface area contributed by atoms with Crippen LogP contribution in [0.1, 0.15) is 42.0 Å². The summed E-state index contributed by atoms with van der Waals surface area (Å²) in [6.45, 7) is 9.08. The normalized spacial score (nSPS) is 33.4. The number of hydrogen-bond donors (Lipinski definition) is 1. The molecule has 0 amide bonds. The van der Waals surface area contributed by atoms with Gasteiger partial charge in [0.25, 0.3) is 0 Å². The number of carbonyl (C=O) groups excluding carboxylic acids is 1. The van der Waals surface area contributed by atoms with Crippen LogP contribution >= 0.6 is 0 Å². The Balaban J connectivity index is 1.82. The van der Waals surface area contributed by atoms with Gasteiger partial charge in [0.15, 0.2) is 5.78 Å². The molecule has 4 rings (SSSR count). The first-order valence-corrected chi connectivity index (χ1v) is 9.20. The van der Waals surface area contributed by atoms with E-state index >= 15 is 0 Å². The fraction of sp³-hybridized carbons (Fsp3) is 0.571. The molecule has 2 aliphatic heterocycles. The summed E-state index contributed by atoms with van der Waals surface area (Å²) in [5, 5.41) is 11.1.